The van der Waals surface area contributed by atoms with Gasteiger partial charge in [0.15, 0.2) is 0 Å². The molecule has 1 saturated heterocycles. The first-order valence-corrected chi connectivity index (χ1v) is 11.4. The molecule has 0 radical (unpaired) electrons. The second-order valence-corrected chi connectivity index (χ2v) is 8.18. The summed E-state index contributed by atoms with van der Waals surface area (Å²) in [5, 5.41) is 2.93. The number of aryl methyl sites for hydroxylation is 1. The summed E-state index contributed by atoms with van der Waals surface area (Å²) in [6.45, 7) is 2.58. The van der Waals surface area contributed by atoms with Crippen LogP contribution in [0.5, 0.6) is 0 Å². The first kappa shape index (κ1) is 21.8. The highest BCUT2D eigenvalue weighted by molar-refractivity contribution is 5.91. The van der Waals surface area contributed by atoms with E-state index in [0.717, 1.165) is 54.8 Å². The minimum atomic E-state index is -0.109. The molecule has 2 amide bonds. The third kappa shape index (κ3) is 5.63. The van der Waals surface area contributed by atoms with Gasteiger partial charge in [0, 0.05) is 32.1 Å². The summed E-state index contributed by atoms with van der Waals surface area (Å²) in [4.78, 5) is 31.7. The number of likely N-dealkylation sites (tertiary alicyclic amines) is 1. The van der Waals surface area contributed by atoms with Crippen molar-refractivity contribution in [2.45, 2.75) is 38.6 Å². The quantitative estimate of drug-likeness (QED) is 0.437. The summed E-state index contributed by atoms with van der Waals surface area (Å²) in [6.07, 6.45) is 8.19. The highest BCUT2D eigenvalue weighted by atomic mass is 16.2. The number of carbonyl (C=O) groups excluding carboxylic acids is 2. The van der Waals surface area contributed by atoms with Gasteiger partial charge in [0.1, 0.15) is 12.4 Å². The van der Waals surface area contributed by atoms with Gasteiger partial charge in [0.2, 0.25) is 11.8 Å². The van der Waals surface area contributed by atoms with Crippen LogP contribution in [-0.2, 0) is 22.6 Å². The zero-order valence-corrected chi connectivity index (χ0v) is 18.4. The van der Waals surface area contributed by atoms with Gasteiger partial charge < -0.3 is 14.8 Å². The Morgan fingerprint density at radius 1 is 0.969 bits per heavy atom. The summed E-state index contributed by atoms with van der Waals surface area (Å²) in [7, 11) is 0. The molecule has 1 aliphatic heterocycles. The molecule has 0 saturated carbocycles. The van der Waals surface area contributed by atoms with Crippen LogP contribution >= 0.6 is 0 Å². The monoisotopic (exact) mass is 430 g/mol. The lowest BCUT2D eigenvalue weighted by atomic mass is 10.1. The van der Waals surface area contributed by atoms with Crippen LogP contribution in [0.1, 0.15) is 37.1 Å². The van der Waals surface area contributed by atoms with Crippen molar-refractivity contribution in [1.29, 1.82) is 0 Å². The number of benzene rings is 2. The number of imidazole rings is 1. The molecule has 0 spiro atoms. The lowest BCUT2D eigenvalue weighted by Crippen LogP contribution is -2.38. The third-order valence-corrected chi connectivity index (χ3v) is 5.84. The molecule has 2 aromatic carbocycles. The Bertz CT molecular complexity index is 1080. The number of para-hydroxylation sites is 2. The Kier molecular flexibility index (Phi) is 7.33. The van der Waals surface area contributed by atoms with Gasteiger partial charge in [-0.05, 0) is 49.5 Å². The Morgan fingerprint density at radius 2 is 1.72 bits per heavy atom. The van der Waals surface area contributed by atoms with Crippen LogP contribution in [0.4, 0.5) is 0 Å². The number of fused-ring (bicyclic) bond motifs is 1. The van der Waals surface area contributed by atoms with Gasteiger partial charge in [-0.15, -0.1) is 0 Å². The molecular weight excluding hydrogens is 400 g/mol. The molecule has 6 nitrogen and oxygen atoms in total. The minimum Gasteiger partial charge on any atom is -0.353 e. The summed E-state index contributed by atoms with van der Waals surface area (Å²) < 4.78 is 2.05. The van der Waals surface area contributed by atoms with E-state index in [1.165, 1.54) is 6.42 Å². The van der Waals surface area contributed by atoms with E-state index >= 15 is 0 Å². The van der Waals surface area contributed by atoms with Crippen LogP contribution in [0, 0.1) is 0 Å². The fraction of sp³-hybridized carbons (Fsp3) is 0.346. The maximum atomic E-state index is 12.9. The zero-order chi connectivity index (χ0) is 22.2. The van der Waals surface area contributed by atoms with Gasteiger partial charge >= 0.3 is 0 Å². The molecule has 166 valence electrons. The maximum absolute atomic E-state index is 12.9. The first-order chi connectivity index (χ1) is 15.7. The van der Waals surface area contributed by atoms with Crippen molar-refractivity contribution in [3.05, 3.63) is 72.1 Å². The molecular formula is C26H30N4O2. The lowest BCUT2D eigenvalue weighted by Gasteiger charge is -2.27. The normalized spacial score (nSPS) is 14.2. The standard InChI is InChI=1S/C26H30N4O2/c31-25(16-15-21-10-3-1-4-11-21)27-17-9-14-24-28-22-12-5-6-13-23(22)30(24)20-26(32)29-18-7-2-8-19-29/h1,3-6,10-13,15-16H,2,7-9,14,17-20H2,(H,27,31)/b16-15-. The molecule has 1 fully saturated rings. The predicted molar refractivity (Wildman–Crippen MR) is 127 cm³/mol. The number of nitrogens with zero attached hydrogens (tertiary/aromatic N) is 3. The largest absolute Gasteiger partial charge is 0.353 e. The van der Waals surface area contributed by atoms with Crippen molar-refractivity contribution in [1.82, 2.24) is 19.8 Å². The molecule has 6 heteroatoms. The lowest BCUT2D eigenvalue weighted by molar-refractivity contribution is -0.132. The fourth-order valence-corrected chi connectivity index (χ4v) is 4.12. The van der Waals surface area contributed by atoms with Crippen LogP contribution in [0.2, 0.25) is 0 Å². The number of hydrogen-bond donors (Lipinski definition) is 1. The van der Waals surface area contributed by atoms with Gasteiger partial charge in [-0.2, -0.15) is 0 Å². The molecule has 0 atom stereocenters. The van der Waals surface area contributed by atoms with Gasteiger partial charge in [-0.3, -0.25) is 9.59 Å². The number of nitrogens with one attached hydrogen (secondary N) is 1. The van der Waals surface area contributed by atoms with E-state index in [1.807, 2.05) is 64.1 Å². The van der Waals surface area contributed by atoms with E-state index in [2.05, 4.69) is 5.32 Å². The molecule has 0 bridgehead atoms. The van der Waals surface area contributed by atoms with Gasteiger partial charge in [0.25, 0.3) is 0 Å². The Morgan fingerprint density at radius 3 is 2.53 bits per heavy atom. The van der Waals surface area contributed by atoms with Crippen molar-refractivity contribution in [2.24, 2.45) is 0 Å². The van der Waals surface area contributed by atoms with E-state index < -0.39 is 0 Å². The van der Waals surface area contributed by atoms with E-state index in [9.17, 15) is 9.59 Å². The van der Waals surface area contributed by atoms with E-state index in [1.54, 1.807) is 12.2 Å². The molecule has 0 aliphatic carbocycles. The average Bonchev–Trinajstić information content (AvgIpc) is 3.19. The number of piperidine rings is 1. The molecule has 3 aromatic rings. The second kappa shape index (κ2) is 10.8. The van der Waals surface area contributed by atoms with Crippen molar-refractivity contribution in [2.75, 3.05) is 19.6 Å². The summed E-state index contributed by atoms with van der Waals surface area (Å²) in [5.74, 6) is 0.946. The van der Waals surface area contributed by atoms with Gasteiger partial charge in [-0.1, -0.05) is 42.5 Å². The Labute approximate surface area is 188 Å². The minimum absolute atomic E-state index is 0.109. The summed E-state index contributed by atoms with van der Waals surface area (Å²) >= 11 is 0. The second-order valence-electron chi connectivity index (χ2n) is 8.18. The number of hydrogen-bond acceptors (Lipinski definition) is 3. The van der Waals surface area contributed by atoms with Crippen LogP contribution in [0.15, 0.2) is 60.7 Å². The predicted octanol–water partition coefficient (Wildman–Crippen LogP) is 3.81. The molecule has 1 aliphatic rings. The molecule has 2 heterocycles. The van der Waals surface area contributed by atoms with Crippen LogP contribution < -0.4 is 5.32 Å². The summed E-state index contributed by atoms with van der Waals surface area (Å²) in [6, 6.07) is 17.7. The van der Waals surface area contributed by atoms with Crippen molar-refractivity contribution in [3.8, 4) is 0 Å². The number of rotatable bonds is 8. The molecule has 32 heavy (non-hydrogen) atoms. The van der Waals surface area contributed by atoms with Crippen molar-refractivity contribution < 1.29 is 9.59 Å². The average molecular weight is 431 g/mol. The topological polar surface area (TPSA) is 67.2 Å². The van der Waals surface area contributed by atoms with Gasteiger partial charge in [0.05, 0.1) is 11.0 Å². The first-order valence-electron chi connectivity index (χ1n) is 11.4. The summed E-state index contributed by atoms with van der Waals surface area (Å²) in [5.41, 5.74) is 2.89. The highest BCUT2D eigenvalue weighted by Gasteiger charge is 2.19. The van der Waals surface area contributed by atoms with E-state index in [4.69, 9.17) is 4.98 Å². The van der Waals surface area contributed by atoms with E-state index in [-0.39, 0.29) is 11.8 Å². The molecule has 1 aromatic heterocycles. The van der Waals surface area contributed by atoms with Crippen LogP contribution in [0.25, 0.3) is 17.1 Å². The Balaban J connectivity index is 1.35. The Hall–Kier alpha value is -3.41. The fourth-order valence-electron chi connectivity index (χ4n) is 4.12. The number of amides is 2. The van der Waals surface area contributed by atoms with Crippen LogP contribution in [-0.4, -0.2) is 45.9 Å². The molecule has 0 unspecified atom stereocenters. The third-order valence-electron chi connectivity index (χ3n) is 5.84. The van der Waals surface area contributed by atoms with Crippen molar-refractivity contribution in [3.63, 3.8) is 0 Å². The number of carbonyl (C=O) groups is 2. The van der Waals surface area contributed by atoms with Crippen LogP contribution in [0.3, 0.4) is 0 Å². The maximum Gasteiger partial charge on any atom is 0.243 e. The van der Waals surface area contributed by atoms with E-state index in [0.29, 0.717) is 19.5 Å². The molecule has 4 rings (SSSR count). The highest BCUT2D eigenvalue weighted by Crippen LogP contribution is 2.18. The van der Waals surface area contributed by atoms with Crippen molar-refractivity contribution >= 4 is 28.9 Å². The molecule has 1 N–H and O–H groups in total. The smallest absolute Gasteiger partial charge is 0.243 e. The zero-order valence-electron chi connectivity index (χ0n) is 18.4. The SMILES string of the molecule is O=C(/C=C\c1ccccc1)NCCCc1nc2ccccc2n1CC(=O)N1CCCCC1. The van der Waals surface area contributed by atoms with Gasteiger partial charge in [-0.25, -0.2) is 4.98 Å². The number of aromatic nitrogens is 2.